The fourth-order valence-corrected chi connectivity index (χ4v) is 3.93. The third kappa shape index (κ3) is 4.55. The smallest absolute Gasteiger partial charge is 0.163 e. The van der Waals surface area contributed by atoms with E-state index < -0.39 is 0 Å². The van der Waals surface area contributed by atoms with E-state index >= 15 is 0 Å². The number of aryl methyl sites for hydroxylation is 1. The molecule has 0 radical (unpaired) electrons. The highest BCUT2D eigenvalue weighted by atomic mass is 16.5. The Kier molecular flexibility index (Phi) is 5.64. The number of nitrogens with zero attached hydrogens (tertiary/aromatic N) is 1. The Morgan fingerprint density at radius 2 is 1.63 bits per heavy atom. The molecule has 1 aromatic heterocycles. The number of anilines is 2. The summed E-state index contributed by atoms with van der Waals surface area (Å²) in [6.07, 6.45) is 7.73. The largest absolute Gasteiger partial charge is 0.493 e. The van der Waals surface area contributed by atoms with Gasteiger partial charge in [-0.3, -0.25) is 4.98 Å². The van der Waals surface area contributed by atoms with Crippen LogP contribution in [0.4, 0.5) is 11.4 Å². The van der Waals surface area contributed by atoms with Crippen molar-refractivity contribution >= 4 is 11.4 Å². The summed E-state index contributed by atoms with van der Waals surface area (Å²) < 4.78 is 5.61. The van der Waals surface area contributed by atoms with Crippen LogP contribution in [0.3, 0.4) is 0 Å². The van der Waals surface area contributed by atoms with Crippen molar-refractivity contribution in [1.29, 1.82) is 0 Å². The van der Waals surface area contributed by atoms with Gasteiger partial charge in [0.15, 0.2) is 5.75 Å². The first-order valence-corrected chi connectivity index (χ1v) is 9.99. The number of benzene rings is 1. The van der Waals surface area contributed by atoms with Crippen LogP contribution in [0.1, 0.15) is 64.1 Å². The summed E-state index contributed by atoms with van der Waals surface area (Å²) in [5.41, 5.74) is 4.42. The van der Waals surface area contributed by atoms with E-state index in [1.807, 2.05) is 19.2 Å². The monoisotopic (exact) mass is 367 g/mol. The maximum Gasteiger partial charge on any atom is 0.163 e. The predicted octanol–water partition coefficient (Wildman–Crippen LogP) is 5.88. The van der Waals surface area contributed by atoms with Crippen molar-refractivity contribution in [3.8, 4) is 5.75 Å². The number of nitrogens with one attached hydrogen (secondary N) is 2. The summed E-state index contributed by atoms with van der Waals surface area (Å²) >= 11 is 0. The number of methoxy groups -OCH3 is 1. The van der Waals surface area contributed by atoms with Gasteiger partial charge in [-0.1, -0.05) is 39.3 Å². The van der Waals surface area contributed by atoms with Crippen molar-refractivity contribution in [2.45, 2.75) is 70.9 Å². The second-order valence-corrected chi connectivity index (χ2v) is 8.70. The Morgan fingerprint density at radius 3 is 2.22 bits per heavy atom. The minimum atomic E-state index is -0.164. The van der Waals surface area contributed by atoms with Crippen LogP contribution in [0, 0.1) is 6.92 Å². The van der Waals surface area contributed by atoms with E-state index in [1.165, 1.54) is 24.8 Å². The molecule has 0 bridgehead atoms. The number of aromatic nitrogens is 1. The SMILES string of the molecule is COc1c(NC2(Nc3ccc(C(C)(C)C)cc3)CCCCC2)ccnc1C. The highest BCUT2D eigenvalue weighted by Gasteiger charge is 2.33. The van der Waals surface area contributed by atoms with Crippen LogP contribution >= 0.6 is 0 Å². The average Bonchev–Trinajstić information content (AvgIpc) is 2.62. The lowest BCUT2D eigenvalue weighted by Crippen LogP contribution is -2.47. The van der Waals surface area contributed by atoms with Gasteiger partial charge in [0, 0.05) is 11.9 Å². The topological polar surface area (TPSA) is 46.2 Å². The molecule has 0 atom stereocenters. The lowest BCUT2D eigenvalue weighted by atomic mass is 9.86. The Labute approximate surface area is 163 Å². The summed E-state index contributed by atoms with van der Waals surface area (Å²) in [5, 5.41) is 7.58. The molecule has 146 valence electrons. The van der Waals surface area contributed by atoms with Gasteiger partial charge in [0.05, 0.1) is 18.5 Å². The first-order valence-electron chi connectivity index (χ1n) is 9.99. The molecular weight excluding hydrogens is 334 g/mol. The van der Waals surface area contributed by atoms with Crippen molar-refractivity contribution in [1.82, 2.24) is 4.98 Å². The number of ether oxygens (including phenoxy) is 1. The Bertz CT molecular complexity index is 756. The zero-order valence-electron chi connectivity index (χ0n) is 17.4. The Hall–Kier alpha value is -2.23. The van der Waals surface area contributed by atoms with E-state index in [9.17, 15) is 0 Å². The molecule has 0 saturated heterocycles. The molecule has 1 heterocycles. The van der Waals surface area contributed by atoms with Gasteiger partial charge in [0.25, 0.3) is 0 Å². The molecule has 0 amide bonds. The molecule has 3 rings (SSSR count). The minimum absolute atomic E-state index is 0.164. The maximum atomic E-state index is 5.61. The number of hydrogen-bond acceptors (Lipinski definition) is 4. The summed E-state index contributed by atoms with van der Waals surface area (Å²) in [5.74, 6) is 0.826. The van der Waals surface area contributed by atoms with E-state index in [0.29, 0.717) is 0 Å². The molecule has 4 nitrogen and oxygen atoms in total. The maximum absolute atomic E-state index is 5.61. The lowest BCUT2D eigenvalue weighted by molar-refractivity contribution is 0.355. The highest BCUT2D eigenvalue weighted by Crippen LogP contribution is 2.37. The third-order valence-electron chi connectivity index (χ3n) is 5.50. The van der Waals surface area contributed by atoms with E-state index in [-0.39, 0.29) is 11.1 Å². The normalized spacial score (nSPS) is 16.6. The van der Waals surface area contributed by atoms with Gasteiger partial charge in [-0.15, -0.1) is 0 Å². The van der Waals surface area contributed by atoms with E-state index in [4.69, 9.17) is 4.74 Å². The predicted molar refractivity (Wildman–Crippen MR) is 114 cm³/mol. The Balaban J connectivity index is 1.86. The van der Waals surface area contributed by atoms with Gasteiger partial charge in [0.1, 0.15) is 5.66 Å². The van der Waals surface area contributed by atoms with Crippen LogP contribution in [-0.4, -0.2) is 17.8 Å². The quantitative estimate of drug-likeness (QED) is 0.648. The van der Waals surface area contributed by atoms with Crippen molar-refractivity contribution in [3.63, 3.8) is 0 Å². The van der Waals surface area contributed by atoms with Crippen molar-refractivity contribution in [2.75, 3.05) is 17.7 Å². The van der Waals surface area contributed by atoms with Crippen molar-refractivity contribution in [2.24, 2.45) is 0 Å². The van der Waals surface area contributed by atoms with E-state index in [2.05, 4.69) is 60.7 Å². The zero-order chi connectivity index (χ0) is 19.5. The minimum Gasteiger partial charge on any atom is -0.493 e. The molecule has 2 N–H and O–H groups in total. The number of hydrogen-bond donors (Lipinski definition) is 2. The van der Waals surface area contributed by atoms with Crippen LogP contribution in [0.2, 0.25) is 0 Å². The van der Waals surface area contributed by atoms with Crippen LogP contribution in [0.5, 0.6) is 5.75 Å². The van der Waals surface area contributed by atoms with Crippen molar-refractivity contribution < 1.29 is 4.74 Å². The van der Waals surface area contributed by atoms with Gasteiger partial charge >= 0.3 is 0 Å². The van der Waals surface area contributed by atoms with Gasteiger partial charge in [-0.25, -0.2) is 0 Å². The molecule has 0 spiro atoms. The average molecular weight is 368 g/mol. The lowest BCUT2D eigenvalue weighted by Gasteiger charge is -2.41. The second kappa shape index (κ2) is 7.79. The summed E-state index contributed by atoms with van der Waals surface area (Å²) in [4.78, 5) is 4.36. The van der Waals surface area contributed by atoms with Gasteiger partial charge in [-0.05, 0) is 61.8 Å². The molecule has 2 aromatic rings. The highest BCUT2D eigenvalue weighted by molar-refractivity contribution is 5.61. The molecule has 1 saturated carbocycles. The van der Waals surface area contributed by atoms with E-state index in [1.54, 1.807) is 7.11 Å². The van der Waals surface area contributed by atoms with Crippen LogP contribution < -0.4 is 15.4 Å². The molecule has 1 aromatic carbocycles. The molecular formula is C23H33N3O. The molecule has 1 aliphatic carbocycles. The van der Waals surface area contributed by atoms with Crippen LogP contribution in [-0.2, 0) is 5.41 Å². The first-order chi connectivity index (χ1) is 12.8. The first kappa shape index (κ1) is 19.5. The standard InChI is InChI=1S/C23H33N3O/c1-17-21(27-5)20(13-16-24-17)26-23(14-7-6-8-15-23)25-19-11-9-18(10-12-19)22(2,3)4/h9-13,16,25H,6-8,14-15H2,1-5H3,(H,24,26). The summed E-state index contributed by atoms with van der Waals surface area (Å²) in [7, 11) is 1.71. The van der Waals surface area contributed by atoms with Gasteiger partial charge < -0.3 is 15.4 Å². The third-order valence-corrected chi connectivity index (χ3v) is 5.50. The van der Waals surface area contributed by atoms with Crippen LogP contribution in [0.15, 0.2) is 36.5 Å². The van der Waals surface area contributed by atoms with Gasteiger partial charge in [-0.2, -0.15) is 0 Å². The number of pyridine rings is 1. The molecule has 4 heteroatoms. The zero-order valence-corrected chi connectivity index (χ0v) is 17.4. The van der Waals surface area contributed by atoms with Gasteiger partial charge in [0.2, 0.25) is 0 Å². The Morgan fingerprint density at radius 1 is 0.963 bits per heavy atom. The van der Waals surface area contributed by atoms with E-state index in [0.717, 1.165) is 35.7 Å². The van der Waals surface area contributed by atoms with Crippen molar-refractivity contribution in [3.05, 3.63) is 47.8 Å². The fourth-order valence-electron chi connectivity index (χ4n) is 3.93. The molecule has 1 fully saturated rings. The molecule has 27 heavy (non-hydrogen) atoms. The molecule has 0 unspecified atom stereocenters. The molecule has 1 aliphatic rings. The number of rotatable bonds is 5. The molecule has 0 aliphatic heterocycles. The van der Waals surface area contributed by atoms with Crippen LogP contribution in [0.25, 0.3) is 0 Å². The summed E-state index contributed by atoms with van der Waals surface area (Å²) in [6.45, 7) is 8.73. The summed E-state index contributed by atoms with van der Waals surface area (Å²) in [6, 6.07) is 10.9. The second-order valence-electron chi connectivity index (χ2n) is 8.70. The fraction of sp³-hybridized carbons (Fsp3) is 0.522.